The lowest BCUT2D eigenvalue weighted by Crippen LogP contribution is -2.27. The number of hydrogen-bond donors (Lipinski definition) is 1. The molecule has 0 saturated carbocycles. The number of likely N-dealkylation sites (tertiary alicyclic amines) is 1. The minimum atomic E-state index is 0.0695. The van der Waals surface area contributed by atoms with Crippen LogP contribution >= 0.6 is 0 Å². The van der Waals surface area contributed by atoms with Gasteiger partial charge in [0.05, 0.1) is 12.2 Å². The smallest absolute Gasteiger partial charge is 0.220 e. The quantitative estimate of drug-likeness (QED) is 0.865. The second-order valence-corrected chi connectivity index (χ2v) is 6.53. The summed E-state index contributed by atoms with van der Waals surface area (Å²) >= 11 is 0. The van der Waals surface area contributed by atoms with E-state index in [1.165, 1.54) is 0 Å². The fraction of sp³-hybridized carbons (Fsp3) is 0.556. The zero-order valence-corrected chi connectivity index (χ0v) is 14.9. The number of nitrogens with one attached hydrogen (secondary N) is 1. The van der Waals surface area contributed by atoms with Crippen molar-refractivity contribution in [1.29, 1.82) is 0 Å². The van der Waals surface area contributed by atoms with Gasteiger partial charge in [-0.2, -0.15) is 5.10 Å². The fourth-order valence-corrected chi connectivity index (χ4v) is 3.38. The van der Waals surface area contributed by atoms with E-state index in [1.807, 2.05) is 28.6 Å². The maximum Gasteiger partial charge on any atom is 0.220 e. The minimum absolute atomic E-state index is 0.0695. The first-order valence-corrected chi connectivity index (χ1v) is 8.93. The molecule has 3 heterocycles. The summed E-state index contributed by atoms with van der Waals surface area (Å²) in [6, 6.07) is 3.95. The zero-order chi connectivity index (χ0) is 17.8. The molecule has 2 aromatic rings. The molecule has 3 rings (SSSR count). The molecule has 2 amide bonds. The number of rotatable bonds is 6. The Morgan fingerprint density at radius 3 is 2.96 bits per heavy atom. The van der Waals surface area contributed by atoms with Crippen molar-refractivity contribution < 1.29 is 9.59 Å². The Hall–Kier alpha value is -2.44. The number of amides is 2. The first kappa shape index (κ1) is 17.4. The van der Waals surface area contributed by atoms with E-state index in [-0.39, 0.29) is 17.7 Å². The van der Waals surface area contributed by atoms with Crippen molar-refractivity contribution in [3.8, 4) is 0 Å². The van der Waals surface area contributed by atoms with Gasteiger partial charge in [0.25, 0.3) is 0 Å². The third-order valence-corrected chi connectivity index (χ3v) is 4.68. The molecule has 0 bridgehead atoms. The van der Waals surface area contributed by atoms with Crippen molar-refractivity contribution in [3.05, 3.63) is 24.0 Å². The standard InChI is InChI=1S/C18H25N5O2/c1-3-5-16(25)19-9-11-23-18-15(6-4-8-20-18)17(21-23)14-7-10-22(12-14)13(2)24/h4,6,8,14H,3,5,7,9-12H2,1-2H3,(H,19,25). The van der Waals surface area contributed by atoms with Gasteiger partial charge < -0.3 is 10.2 Å². The number of pyridine rings is 1. The Labute approximate surface area is 147 Å². The lowest BCUT2D eigenvalue weighted by atomic mass is 10.0. The molecule has 0 aliphatic carbocycles. The summed E-state index contributed by atoms with van der Waals surface area (Å²) in [5.41, 5.74) is 1.84. The molecule has 1 N–H and O–H groups in total. The number of fused-ring (bicyclic) bond motifs is 1. The maximum atomic E-state index is 11.6. The molecular formula is C18H25N5O2. The van der Waals surface area contributed by atoms with E-state index in [9.17, 15) is 9.59 Å². The number of carbonyl (C=O) groups excluding carboxylic acids is 2. The largest absolute Gasteiger partial charge is 0.354 e. The van der Waals surface area contributed by atoms with Crippen LogP contribution in [0.2, 0.25) is 0 Å². The molecule has 7 heteroatoms. The second-order valence-electron chi connectivity index (χ2n) is 6.53. The molecule has 1 saturated heterocycles. The molecule has 0 radical (unpaired) electrons. The summed E-state index contributed by atoms with van der Waals surface area (Å²) in [6.45, 7) is 6.22. The summed E-state index contributed by atoms with van der Waals surface area (Å²) < 4.78 is 1.87. The van der Waals surface area contributed by atoms with Crippen LogP contribution in [0.3, 0.4) is 0 Å². The van der Waals surface area contributed by atoms with Crippen molar-refractivity contribution in [1.82, 2.24) is 25.0 Å². The van der Waals surface area contributed by atoms with Crippen LogP contribution in [0.1, 0.15) is 44.7 Å². The first-order chi connectivity index (χ1) is 12.1. The van der Waals surface area contributed by atoms with Crippen molar-refractivity contribution in [3.63, 3.8) is 0 Å². The fourth-order valence-electron chi connectivity index (χ4n) is 3.38. The van der Waals surface area contributed by atoms with Crippen LogP contribution in [0.4, 0.5) is 0 Å². The van der Waals surface area contributed by atoms with E-state index < -0.39 is 0 Å². The zero-order valence-electron chi connectivity index (χ0n) is 14.9. The molecule has 1 atom stereocenters. The Bertz CT molecular complexity index is 770. The Balaban J connectivity index is 1.77. The first-order valence-electron chi connectivity index (χ1n) is 8.93. The SMILES string of the molecule is CCCC(=O)NCCn1nc(C2CCN(C(C)=O)C2)c2cccnc21. The van der Waals surface area contributed by atoms with Gasteiger partial charge in [-0.05, 0) is 25.0 Å². The van der Waals surface area contributed by atoms with E-state index in [0.29, 0.717) is 26.1 Å². The average molecular weight is 343 g/mol. The minimum Gasteiger partial charge on any atom is -0.354 e. The molecule has 7 nitrogen and oxygen atoms in total. The van der Waals surface area contributed by atoms with Crippen molar-refractivity contribution in [2.45, 2.75) is 45.6 Å². The molecular weight excluding hydrogens is 318 g/mol. The van der Waals surface area contributed by atoms with Gasteiger partial charge in [0.15, 0.2) is 5.65 Å². The highest BCUT2D eigenvalue weighted by atomic mass is 16.2. The number of aromatic nitrogens is 3. The van der Waals surface area contributed by atoms with Crippen LogP contribution < -0.4 is 5.32 Å². The average Bonchev–Trinajstić information content (AvgIpc) is 3.20. The summed E-state index contributed by atoms with van der Waals surface area (Å²) in [5.74, 6) is 0.426. The molecule has 2 aromatic heterocycles. The van der Waals surface area contributed by atoms with E-state index in [0.717, 1.165) is 36.1 Å². The van der Waals surface area contributed by atoms with Gasteiger partial charge in [0.1, 0.15) is 0 Å². The normalized spacial score (nSPS) is 17.2. The van der Waals surface area contributed by atoms with E-state index in [1.54, 1.807) is 13.1 Å². The van der Waals surface area contributed by atoms with Crippen LogP contribution in [-0.2, 0) is 16.1 Å². The van der Waals surface area contributed by atoms with E-state index >= 15 is 0 Å². The monoisotopic (exact) mass is 343 g/mol. The van der Waals surface area contributed by atoms with Crippen LogP contribution in [0.5, 0.6) is 0 Å². The highest BCUT2D eigenvalue weighted by Gasteiger charge is 2.29. The number of nitrogens with zero attached hydrogens (tertiary/aromatic N) is 4. The van der Waals surface area contributed by atoms with Gasteiger partial charge in [-0.15, -0.1) is 0 Å². The molecule has 0 spiro atoms. The molecule has 1 unspecified atom stereocenters. The van der Waals surface area contributed by atoms with Gasteiger partial charge in [-0.3, -0.25) is 9.59 Å². The third-order valence-electron chi connectivity index (χ3n) is 4.68. The lowest BCUT2D eigenvalue weighted by molar-refractivity contribution is -0.127. The van der Waals surface area contributed by atoms with E-state index in [4.69, 9.17) is 5.10 Å². The van der Waals surface area contributed by atoms with Crippen LogP contribution in [-0.4, -0.2) is 51.1 Å². The molecule has 1 aliphatic rings. The molecule has 134 valence electrons. The topological polar surface area (TPSA) is 80.1 Å². The predicted molar refractivity (Wildman–Crippen MR) is 95.1 cm³/mol. The van der Waals surface area contributed by atoms with Crippen LogP contribution in [0.25, 0.3) is 11.0 Å². The Morgan fingerprint density at radius 1 is 1.40 bits per heavy atom. The Kier molecular flexibility index (Phi) is 5.31. The van der Waals surface area contributed by atoms with Crippen molar-refractivity contribution in [2.75, 3.05) is 19.6 Å². The highest BCUT2D eigenvalue weighted by molar-refractivity contribution is 5.79. The van der Waals surface area contributed by atoms with Crippen LogP contribution in [0.15, 0.2) is 18.3 Å². The summed E-state index contributed by atoms with van der Waals surface area (Å²) in [5, 5.41) is 8.73. The summed E-state index contributed by atoms with van der Waals surface area (Å²) in [7, 11) is 0. The van der Waals surface area contributed by atoms with Crippen molar-refractivity contribution in [2.24, 2.45) is 0 Å². The highest BCUT2D eigenvalue weighted by Crippen LogP contribution is 2.31. The molecule has 1 fully saturated rings. The van der Waals surface area contributed by atoms with Crippen molar-refractivity contribution >= 4 is 22.8 Å². The second kappa shape index (κ2) is 7.63. The molecule has 25 heavy (non-hydrogen) atoms. The maximum absolute atomic E-state index is 11.6. The van der Waals surface area contributed by atoms with Gasteiger partial charge in [0.2, 0.25) is 11.8 Å². The van der Waals surface area contributed by atoms with E-state index in [2.05, 4.69) is 10.3 Å². The van der Waals surface area contributed by atoms with Crippen LogP contribution in [0, 0.1) is 0 Å². The molecule has 0 aromatic carbocycles. The van der Waals surface area contributed by atoms with Gasteiger partial charge in [-0.1, -0.05) is 6.92 Å². The Morgan fingerprint density at radius 2 is 2.24 bits per heavy atom. The summed E-state index contributed by atoms with van der Waals surface area (Å²) in [4.78, 5) is 29.6. The van der Waals surface area contributed by atoms with Gasteiger partial charge in [0, 0.05) is 50.5 Å². The summed E-state index contributed by atoms with van der Waals surface area (Å²) in [6.07, 6.45) is 4.08. The van der Waals surface area contributed by atoms with Gasteiger partial charge >= 0.3 is 0 Å². The predicted octanol–water partition coefficient (Wildman–Crippen LogP) is 1.68. The lowest BCUT2D eigenvalue weighted by Gasteiger charge is -2.12. The molecule has 1 aliphatic heterocycles. The third kappa shape index (κ3) is 3.81. The van der Waals surface area contributed by atoms with Gasteiger partial charge in [-0.25, -0.2) is 9.67 Å². The number of carbonyl (C=O) groups is 2. The number of hydrogen-bond acceptors (Lipinski definition) is 4.